The van der Waals surface area contributed by atoms with Crippen LogP contribution in [-0.2, 0) is 14.3 Å². The maximum Gasteiger partial charge on any atom is 0.225 e. The van der Waals surface area contributed by atoms with E-state index in [0.717, 1.165) is 18.4 Å². The van der Waals surface area contributed by atoms with Crippen LogP contribution in [0, 0.1) is 6.92 Å². The summed E-state index contributed by atoms with van der Waals surface area (Å²) in [6.45, 7) is 4.81. The van der Waals surface area contributed by atoms with E-state index in [0.29, 0.717) is 32.7 Å². The number of piperidine rings is 1. The molecule has 2 fully saturated rings. The van der Waals surface area contributed by atoms with Crippen molar-refractivity contribution in [2.24, 2.45) is 0 Å². The molecular formula is C21H26N2O3. The number of ether oxygens (including phenoxy) is 2. The van der Waals surface area contributed by atoms with E-state index in [1.807, 2.05) is 29.4 Å². The van der Waals surface area contributed by atoms with E-state index >= 15 is 0 Å². The lowest BCUT2D eigenvalue weighted by molar-refractivity contribution is -0.187. The number of benzene rings is 1. The van der Waals surface area contributed by atoms with Gasteiger partial charge in [-0.2, -0.15) is 0 Å². The van der Waals surface area contributed by atoms with Crippen LogP contribution in [0.25, 0.3) is 0 Å². The minimum absolute atomic E-state index is 0.0213. The Morgan fingerprint density at radius 2 is 1.69 bits per heavy atom. The number of nitrogens with zero attached hydrogens (tertiary/aromatic N) is 2. The molecule has 1 amide bonds. The fraction of sp³-hybridized carbons (Fsp3) is 0.476. The third kappa shape index (κ3) is 3.55. The van der Waals surface area contributed by atoms with Crippen molar-refractivity contribution in [2.45, 2.75) is 38.0 Å². The zero-order valence-corrected chi connectivity index (χ0v) is 15.3. The molecule has 5 nitrogen and oxygen atoms in total. The predicted octanol–water partition coefficient (Wildman–Crippen LogP) is 3.14. The molecule has 26 heavy (non-hydrogen) atoms. The summed E-state index contributed by atoms with van der Waals surface area (Å²) in [7, 11) is 0. The van der Waals surface area contributed by atoms with E-state index in [2.05, 4.69) is 35.8 Å². The van der Waals surface area contributed by atoms with Gasteiger partial charge in [-0.15, -0.1) is 0 Å². The molecule has 0 saturated carbocycles. The van der Waals surface area contributed by atoms with Crippen LogP contribution in [0.15, 0.2) is 48.8 Å². The second-order valence-corrected chi connectivity index (χ2v) is 7.25. The average Bonchev–Trinajstić information content (AvgIpc) is 3.34. The molecule has 1 spiro atoms. The Labute approximate surface area is 154 Å². The number of rotatable bonds is 4. The number of aromatic nitrogens is 1. The van der Waals surface area contributed by atoms with Crippen LogP contribution in [0.1, 0.15) is 36.4 Å². The maximum absolute atomic E-state index is 13.0. The molecule has 4 rings (SSSR count). The molecule has 5 heteroatoms. The molecule has 0 N–H and O–H groups in total. The monoisotopic (exact) mass is 354 g/mol. The Bertz CT molecular complexity index is 723. The van der Waals surface area contributed by atoms with Crippen molar-refractivity contribution >= 4 is 5.91 Å². The molecule has 2 aromatic rings. The van der Waals surface area contributed by atoms with Gasteiger partial charge in [0.2, 0.25) is 5.91 Å². The van der Waals surface area contributed by atoms with E-state index in [1.165, 1.54) is 5.56 Å². The predicted molar refractivity (Wildman–Crippen MR) is 98.8 cm³/mol. The fourth-order valence-electron chi connectivity index (χ4n) is 3.92. The van der Waals surface area contributed by atoms with Crippen LogP contribution in [-0.4, -0.2) is 47.5 Å². The van der Waals surface area contributed by atoms with Gasteiger partial charge in [0.15, 0.2) is 5.79 Å². The van der Waals surface area contributed by atoms with Crippen LogP contribution in [0.3, 0.4) is 0 Å². The minimum Gasteiger partial charge on any atom is -0.347 e. The first-order valence-electron chi connectivity index (χ1n) is 9.40. The summed E-state index contributed by atoms with van der Waals surface area (Å²) in [5.74, 6) is -0.245. The number of amides is 1. The minimum atomic E-state index is -0.437. The topological polar surface area (TPSA) is 43.7 Å². The van der Waals surface area contributed by atoms with Crippen molar-refractivity contribution in [3.63, 3.8) is 0 Å². The lowest BCUT2D eigenvalue weighted by Gasteiger charge is -2.38. The van der Waals surface area contributed by atoms with Gasteiger partial charge < -0.3 is 18.9 Å². The first-order chi connectivity index (χ1) is 12.7. The smallest absolute Gasteiger partial charge is 0.225 e. The standard InChI is InChI=1S/C21H26N2O3/c1-17-4-6-18(7-5-17)19(22-10-2-3-11-22)16-20(24)23-12-8-21(9-13-23)25-14-15-26-21/h2-7,10-11,19H,8-9,12-16H2,1H3/t19-/m0/s1. The Kier molecular flexibility index (Phi) is 4.83. The summed E-state index contributed by atoms with van der Waals surface area (Å²) in [5.41, 5.74) is 2.39. The highest BCUT2D eigenvalue weighted by molar-refractivity contribution is 5.77. The van der Waals surface area contributed by atoms with Gasteiger partial charge in [-0.05, 0) is 24.6 Å². The SMILES string of the molecule is Cc1ccc([C@H](CC(=O)N2CCC3(CC2)OCCO3)n2cccc2)cc1. The van der Waals surface area contributed by atoms with Crippen LogP contribution in [0.2, 0.25) is 0 Å². The number of aryl methyl sites for hydroxylation is 1. The van der Waals surface area contributed by atoms with Gasteiger partial charge >= 0.3 is 0 Å². The van der Waals surface area contributed by atoms with Gasteiger partial charge in [-0.25, -0.2) is 0 Å². The molecule has 1 aromatic heterocycles. The van der Waals surface area contributed by atoms with Crippen molar-refractivity contribution in [3.05, 3.63) is 59.9 Å². The third-order valence-electron chi connectivity index (χ3n) is 5.51. The summed E-state index contributed by atoms with van der Waals surface area (Å²) in [6.07, 6.45) is 6.05. The Balaban J connectivity index is 1.46. The zero-order chi connectivity index (χ0) is 18.0. The Hall–Kier alpha value is -2.11. The molecule has 0 bridgehead atoms. The second-order valence-electron chi connectivity index (χ2n) is 7.25. The summed E-state index contributed by atoms with van der Waals surface area (Å²) in [6, 6.07) is 12.5. The molecule has 0 radical (unpaired) electrons. The Morgan fingerprint density at radius 1 is 1.08 bits per heavy atom. The molecule has 0 unspecified atom stereocenters. The fourth-order valence-corrected chi connectivity index (χ4v) is 3.92. The van der Waals surface area contributed by atoms with Crippen LogP contribution in [0.5, 0.6) is 0 Å². The number of likely N-dealkylation sites (tertiary alicyclic amines) is 1. The molecule has 1 aromatic carbocycles. The first-order valence-corrected chi connectivity index (χ1v) is 9.40. The van der Waals surface area contributed by atoms with Gasteiger partial charge in [0.1, 0.15) is 0 Å². The summed E-state index contributed by atoms with van der Waals surface area (Å²) in [5, 5.41) is 0. The van der Waals surface area contributed by atoms with Crippen LogP contribution < -0.4 is 0 Å². The van der Waals surface area contributed by atoms with Gasteiger partial charge in [0, 0.05) is 38.3 Å². The summed E-state index contributed by atoms with van der Waals surface area (Å²) in [4.78, 5) is 14.9. The van der Waals surface area contributed by atoms with Crippen LogP contribution >= 0.6 is 0 Å². The lowest BCUT2D eigenvalue weighted by atomic mass is 9.99. The largest absolute Gasteiger partial charge is 0.347 e. The molecule has 0 aliphatic carbocycles. The summed E-state index contributed by atoms with van der Waals surface area (Å²) >= 11 is 0. The first kappa shape index (κ1) is 17.3. The average molecular weight is 354 g/mol. The van der Waals surface area contributed by atoms with Crippen molar-refractivity contribution in [1.82, 2.24) is 9.47 Å². The van der Waals surface area contributed by atoms with Crippen molar-refractivity contribution in [1.29, 1.82) is 0 Å². The molecule has 2 saturated heterocycles. The van der Waals surface area contributed by atoms with E-state index in [4.69, 9.17) is 9.47 Å². The van der Waals surface area contributed by atoms with Gasteiger partial charge in [0.25, 0.3) is 0 Å². The number of hydrogen-bond acceptors (Lipinski definition) is 3. The quantitative estimate of drug-likeness (QED) is 0.847. The van der Waals surface area contributed by atoms with E-state index in [-0.39, 0.29) is 11.9 Å². The third-order valence-corrected chi connectivity index (χ3v) is 5.51. The van der Waals surface area contributed by atoms with Crippen molar-refractivity contribution in [3.8, 4) is 0 Å². The second kappa shape index (κ2) is 7.25. The lowest BCUT2D eigenvalue weighted by Crippen LogP contribution is -2.47. The van der Waals surface area contributed by atoms with E-state index < -0.39 is 5.79 Å². The number of carbonyl (C=O) groups excluding carboxylic acids is 1. The highest BCUT2D eigenvalue weighted by Gasteiger charge is 2.40. The Morgan fingerprint density at radius 3 is 2.31 bits per heavy atom. The maximum atomic E-state index is 13.0. The summed E-state index contributed by atoms with van der Waals surface area (Å²) < 4.78 is 13.7. The van der Waals surface area contributed by atoms with Crippen LogP contribution in [0.4, 0.5) is 0 Å². The normalized spacial score (nSPS) is 20.4. The number of carbonyl (C=O) groups is 1. The van der Waals surface area contributed by atoms with Gasteiger partial charge in [-0.3, -0.25) is 4.79 Å². The zero-order valence-electron chi connectivity index (χ0n) is 15.3. The highest BCUT2D eigenvalue weighted by Crippen LogP contribution is 2.32. The van der Waals surface area contributed by atoms with Crippen molar-refractivity contribution < 1.29 is 14.3 Å². The molecule has 1 atom stereocenters. The van der Waals surface area contributed by atoms with E-state index in [9.17, 15) is 4.79 Å². The molecule has 3 heterocycles. The van der Waals surface area contributed by atoms with Gasteiger partial charge in [0.05, 0.1) is 25.7 Å². The number of hydrogen-bond donors (Lipinski definition) is 0. The van der Waals surface area contributed by atoms with E-state index in [1.54, 1.807) is 0 Å². The molecular weight excluding hydrogens is 328 g/mol. The molecule has 2 aliphatic heterocycles. The highest BCUT2D eigenvalue weighted by atomic mass is 16.7. The molecule has 2 aliphatic rings. The van der Waals surface area contributed by atoms with Gasteiger partial charge in [-0.1, -0.05) is 29.8 Å². The molecule has 138 valence electrons. The van der Waals surface area contributed by atoms with Crippen molar-refractivity contribution in [2.75, 3.05) is 26.3 Å².